The number of Topliss-reactive ketones (excluding diaryl/α,β-unsaturated/α-hetero) is 1. The highest BCUT2D eigenvalue weighted by Gasteiger charge is 2.04. The van der Waals surface area contributed by atoms with Gasteiger partial charge in [-0.15, -0.1) is 11.3 Å². The number of rotatable bonds is 6. The number of aromatic nitrogens is 1. The molecule has 2 aromatic rings. The number of carbonyl (C=O) groups excluding carboxylic acids is 1. The smallest absolute Gasteiger partial charge is 0.162 e. The van der Waals surface area contributed by atoms with Crippen molar-refractivity contribution in [1.29, 1.82) is 0 Å². The maximum atomic E-state index is 11.7. The van der Waals surface area contributed by atoms with Crippen LogP contribution in [0, 0.1) is 0 Å². The van der Waals surface area contributed by atoms with Crippen LogP contribution < -0.4 is 5.32 Å². The van der Waals surface area contributed by atoms with E-state index in [9.17, 15) is 4.79 Å². The van der Waals surface area contributed by atoms with E-state index in [4.69, 9.17) is 0 Å². The van der Waals surface area contributed by atoms with E-state index in [1.165, 1.54) is 0 Å². The van der Waals surface area contributed by atoms with E-state index in [0.29, 0.717) is 6.42 Å². The third-order valence-corrected chi connectivity index (χ3v) is 3.39. The standard InChI is InChI=1S/C14H16N2OS/c1-2-3-13(17)11-4-6-12(7-5-11)16-10-14-15-8-9-18-14/h4-9,16H,2-3,10H2,1H3. The van der Waals surface area contributed by atoms with Gasteiger partial charge in [0.05, 0.1) is 6.54 Å². The molecule has 3 nitrogen and oxygen atoms in total. The van der Waals surface area contributed by atoms with Crippen LogP contribution in [0.2, 0.25) is 0 Å². The summed E-state index contributed by atoms with van der Waals surface area (Å²) in [5, 5.41) is 6.30. The van der Waals surface area contributed by atoms with E-state index in [-0.39, 0.29) is 5.78 Å². The monoisotopic (exact) mass is 260 g/mol. The lowest BCUT2D eigenvalue weighted by Gasteiger charge is -2.05. The average Bonchev–Trinajstić information content (AvgIpc) is 2.90. The van der Waals surface area contributed by atoms with Crippen molar-refractivity contribution in [3.8, 4) is 0 Å². The minimum absolute atomic E-state index is 0.212. The molecular formula is C14H16N2OS. The summed E-state index contributed by atoms with van der Waals surface area (Å²) in [7, 11) is 0. The highest BCUT2D eigenvalue weighted by molar-refractivity contribution is 7.09. The molecule has 0 fully saturated rings. The molecule has 0 saturated carbocycles. The van der Waals surface area contributed by atoms with Crippen LogP contribution in [0.3, 0.4) is 0 Å². The number of ketones is 1. The molecule has 94 valence electrons. The first-order chi connectivity index (χ1) is 8.79. The molecule has 0 bridgehead atoms. The van der Waals surface area contributed by atoms with Crippen LogP contribution in [-0.2, 0) is 6.54 Å². The van der Waals surface area contributed by atoms with Gasteiger partial charge in [0.2, 0.25) is 0 Å². The van der Waals surface area contributed by atoms with Crippen LogP contribution in [0.1, 0.15) is 35.1 Å². The predicted molar refractivity (Wildman–Crippen MR) is 75.1 cm³/mol. The van der Waals surface area contributed by atoms with Gasteiger partial charge >= 0.3 is 0 Å². The van der Waals surface area contributed by atoms with Crippen molar-refractivity contribution in [3.05, 3.63) is 46.4 Å². The van der Waals surface area contributed by atoms with Crippen LogP contribution in [0.15, 0.2) is 35.8 Å². The summed E-state index contributed by atoms with van der Waals surface area (Å²) < 4.78 is 0. The molecule has 2 rings (SSSR count). The van der Waals surface area contributed by atoms with E-state index >= 15 is 0 Å². The molecule has 0 aliphatic rings. The van der Waals surface area contributed by atoms with Crippen molar-refractivity contribution in [2.75, 3.05) is 5.32 Å². The molecule has 1 N–H and O–H groups in total. The molecule has 0 saturated heterocycles. The first-order valence-electron chi connectivity index (χ1n) is 6.05. The van der Waals surface area contributed by atoms with E-state index in [1.54, 1.807) is 17.5 Å². The molecule has 18 heavy (non-hydrogen) atoms. The molecule has 1 heterocycles. The van der Waals surface area contributed by atoms with E-state index < -0.39 is 0 Å². The van der Waals surface area contributed by atoms with Crippen molar-refractivity contribution in [2.45, 2.75) is 26.3 Å². The third-order valence-electron chi connectivity index (χ3n) is 2.61. The van der Waals surface area contributed by atoms with Gasteiger partial charge in [0.1, 0.15) is 5.01 Å². The van der Waals surface area contributed by atoms with Crippen molar-refractivity contribution in [2.24, 2.45) is 0 Å². The molecule has 0 radical (unpaired) electrons. The summed E-state index contributed by atoms with van der Waals surface area (Å²) in [5.74, 6) is 0.212. The molecule has 1 aromatic heterocycles. The second-order valence-electron chi connectivity index (χ2n) is 4.03. The maximum Gasteiger partial charge on any atom is 0.162 e. The Morgan fingerprint density at radius 3 is 2.72 bits per heavy atom. The molecule has 0 aliphatic carbocycles. The number of anilines is 1. The van der Waals surface area contributed by atoms with Crippen LogP contribution in [-0.4, -0.2) is 10.8 Å². The Bertz CT molecular complexity index is 491. The maximum absolute atomic E-state index is 11.7. The molecule has 0 spiro atoms. The van der Waals surface area contributed by atoms with Crippen LogP contribution in [0.25, 0.3) is 0 Å². The zero-order valence-corrected chi connectivity index (χ0v) is 11.2. The van der Waals surface area contributed by atoms with E-state index in [0.717, 1.165) is 29.2 Å². The van der Waals surface area contributed by atoms with Crippen LogP contribution in [0.4, 0.5) is 5.69 Å². The van der Waals surface area contributed by atoms with Crippen LogP contribution in [0.5, 0.6) is 0 Å². The van der Waals surface area contributed by atoms with Crippen molar-refractivity contribution in [1.82, 2.24) is 4.98 Å². The summed E-state index contributed by atoms with van der Waals surface area (Å²) >= 11 is 1.63. The largest absolute Gasteiger partial charge is 0.379 e. The number of hydrogen-bond acceptors (Lipinski definition) is 4. The molecule has 0 aliphatic heterocycles. The van der Waals surface area contributed by atoms with E-state index in [1.807, 2.05) is 36.6 Å². The molecule has 0 unspecified atom stereocenters. The van der Waals surface area contributed by atoms with Gasteiger partial charge in [-0.25, -0.2) is 4.98 Å². The second kappa shape index (κ2) is 6.31. The van der Waals surface area contributed by atoms with Crippen molar-refractivity contribution >= 4 is 22.8 Å². The number of thiazole rings is 1. The Morgan fingerprint density at radius 1 is 1.33 bits per heavy atom. The van der Waals surface area contributed by atoms with Gasteiger partial charge in [-0.1, -0.05) is 6.92 Å². The lowest BCUT2D eigenvalue weighted by Crippen LogP contribution is -2.01. The molecule has 1 aromatic carbocycles. The van der Waals surface area contributed by atoms with Gasteiger partial charge in [0.25, 0.3) is 0 Å². The zero-order chi connectivity index (χ0) is 12.8. The normalized spacial score (nSPS) is 10.3. The Balaban J connectivity index is 1.93. The van der Waals surface area contributed by atoms with Crippen molar-refractivity contribution in [3.63, 3.8) is 0 Å². The fourth-order valence-corrected chi connectivity index (χ4v) is 2.22. The fraction of sp³-hybridized carbons (Fsp3) is 0.286. The zero-order valence-electron chi connectivity index (χ0n) is 10.3. The summed E-state index contributed by atoms with van der Waals surface area (Å²) in [4.78, 5) is 15.9. The topological polar surface area (TPSA) is 42.0 Å². The molecular weight excluding hydrogens is 244 g/mol. The fourth-order valence-electron chi connectivity index (χ4n) is 1.66. The number of benzene rings is 1. The Kier molecular flexibility index (Phi) is 4.47. The Labute approximate surface area is 111 Å². The molecule has 4 heteroatoms. The molecule has 0 atom stereocenters. The predicted octanol–water partition coefficient (Wildman–Crippen LogP) is 3.74. The van der Waals surface area contributed by atoms with Gasteiger partial charge in [0, 0.05) is 29.2 Å². The van der Waals surface area contributed by atoms with Gasteiger partial charge in [-0.05, 0) is 30.7 Å². The highest BCUT2D eigenvalue weighted by atomic mass is 32.1. The number of nitrogens with one attached hydrogen (secondary N) is 1. The minimum atomic E-state index is 0.212. The first-order valence-corrected chi connectivity index (χ1v) is 6.93. The lowest BCUT2D eigenvalue weighted by molar-refractivity contribution is 0.0982. The van der Waals surface area contributed by atoms with Crippen molar-refractivity contribution < 1.29 is 4.79 Å². The molecule has 0 amide bonds. The van der Waals surface area contributed by atoms with E-state index in [2.05, 4.69) is 10.3 Å². The minimum Gasteiger partial charge on any atom is -0.379 e. The quantitative estimate of drug-likeness (QED) is 0.804. The second-order valence-corrected chi connectivity index (χ2v) is 5.01. The van der Waals surface area contributed by atoms with Gasteiger partial charge in [0.15, 0.2) is 5.78 Å². The van der Waals surface area contributed by atoms with Gasteiger partial charge in [-0.3, -0.25) is 4.79 Å². The Hall–Kier alpha value is -1.68. The highest BCUT2D eigenvalue weighted by Crippen LogP contribution is 2.13. The SMILES string of the molecule is CCCC(=O)c1ccc(NCc2nccs2)cc1. The number of carbonyl (C=O) groups is 1. The number of nitrogens with zero attached hydrogens (tertiary/aromatic N) is 1. The van der Waals surface area contributed by atoms with Gasteiger partial charge in [-0.2, -0.15) is 0 Å². The average molecular weight is 260 g/mol. The van der Waals surface area contributed by atoms with Gasteiger partial charge < -0.3 is 5.32 Å². The number of hydrogen-bond donors (Lipinski definition) is 1. The summed E-state index contributed by atoms with van der Waals surface area (Å²) in [6.45, 7) is 2.74. The summed E-state index contributed by atoms with van der Waals surface area (Å²) in [6.07, 6.45) is 3.31. The summed E-state index contributed by atoms with van der Waals surface area (Å²) in [6, 6.07) is 7.64. The summed E-state index contributed by atoms with van der Waals surface area (Å²) in [5.41, 5.74) is 1.80. The Morgan fingerprint density at radius 2 is 2.11 bits per heavy atom. The lowest BCUT2D eigenvalue weighted by atomic mass is 10.1. The first kappa shape index (κ1) is 12.8. The van der Waals surface area contributed by atoms with Crippen LogP contribution >= 0.6 is 11.3 Å². The third kappa shape index (κ3) is 3.40.